The first-order valence-electron chi connectivity index (χ1n) is 10.2. The van der Waals surface area contributed by atoms with Gasteiger partial charge in [-0.25, -0.2) is 4.79 Å². The van der Waals surface area contributed by atoms with Crippen molar-refractivity contribution in [1.29, 1.82) is 0 Å². The molecule has 0 aromatic heterocycles. The Balaban J connectivity index is 1.47. The number of carbonyl (C=O) groups excluding carboxylic acids is 3. The third-order valence-electron chi connectivity index (χ3n) is 4.79. The first-order chi connectivity index (χ1) is 15.5. The minimum Gasteiger partial charge on any atom is -0.445 e. The molecule has 0 bridgehead atoms. The molecule has 0 saturated heterocycles. The molecule has 164 valence electrons. The molecule has 0 aliphatic rings. The number of hydrogen-bond donors (Lipinski definition) is 3. The maximum Gasteiger partial charge on any atom is 0.407 e. The van der Waals surface area contributed by atoms with Crippen LogP contribution in [0.2, 0.25) is 0 Å². The van der Waals surface area contributed by atoms with Crippen molar-refractivity contribution in [2.75, 3.05) is 6.54 Å². The van der Waals surface area contributed by atoms with Crippen molar-refractivity contribution in [3.8, 4) is 11.1 Å². The predicted octanol–water partition coefficient (Wildman–Crippen LogP) is 2.79. The Hall–Kier alpha value is -4.13. The van der Waals surface area contributed by atoms with Crippen molar-refractivity contribution >= 4 is 17.9 Å². The van der Waals surface area contributed by atoms with E-state index < -0.39 is 23.9 Å². The molecule has 3 rings (SSSR count). The van der Waals surface area contributed by atoms with Crippen molar-refractivity contribution in [2.45, 2.75) is 19.1 Å². The van der Waals surface area contributed by atoms with E-state index in [1.165, 1.54) is 0 Å². The lowest BCUT2D eigenvalue weighted by molar-refractivity contribution is -0.126. The van der Waals surface area contributed by atoms with Gasteiger partial charge in [0.1, 0.15) is 19.2 Å². The quantitative estimate of drug-likeness (QED) is 0.484. The van der Waals surface area contributed by atoms with Gasteiger partial charge in [0.25, 0.3) is 0 Å². The van der Waals surface area contributed by atoms with Crippen LogP contribution < -0.4 is 16.4 Å². The zero-order valence-electron chi connectivity index (χ0n) is 17.5. The molecule has 0 fully saturated rings. The molecular weight excluding hydrogens is 406 g/mol. The number of alkyl carbamates (subject to hydrolysis) is 1. The Labute approximate surface area is 186 Å². The summed E-state index contributed by atoms with van der Waals surface area (Å²) in [5, 5.41) is 4.92. The van der Waals surface area contributed by atoms with Crippen LogP contribution in [0.4, 0.5) is 4.79 Å². The molecule has 32 heavy (non-hydrogen) atoms. The molecule has 0 radical (unpaired) electrons. The molecule has 7 nitrogen and oxygen atoms in total. The summed E-state index contributed by atoms with van der Waals surface area (Å²) in [4.78, 5) is 35.8. The van der Waals surface area contributed by atoms with Crippen LogP contribution >= 0.6 is 0 Å². The summed E-state index contributed by atoms with van der Waals surface area (Å²) in [7, 11) is 0. The van der Waals surface area contributed by atoms with Crippen LogP contribution in [-0.4, -0.2) is 30.5 Å². The lowest BCUT2D eigenvalue weighted by Gasteiger charge is -2.16. The largest absolute Gasteiger partial charge is 0.445 e. The Morgan fingerprint density at radius 1 is 0.781 bits per heavy atom. The Morgan fingerprint density at radius 3 is 2.00 bits per heavy atom. The van der Waals surface area contributed by atoms with E-state index in [-0.39, 0.29) is 19.6 Å². The summed E-state index contributed by atoms with van der Waals surface area (Å²) < 4.78 is 5.05. The van der Waals surface area contributed by atoms with Crippen LogP contribution in [0.3, 0.4) is 0 Å². The fraction of sp³-hybridized carbons (Fsp3) is 0.160. The lowest BCUT2D eigenvalue weighted by Crippen LogP contribution is -2.49. The van der Waals surface area contributed by atoms with E-state index in [9.17, 15) is 14.4 Å². The summed E-state index contributed by atoms with van der Waals surface area (Å²) in [6.07, 6.45) is -0.481. The number of rotatable bonds is 9. The number of nitrogens with two attached hydrogens (primary N) is 1. The SMILES string of the molecule is NC(=O)[C@H](Cc1ccc(-c2ccccc2)cc1)NC(=O)CNC(=O)OCc1ccccc1. The monoisotopic (exact) mass is 431 g/mol. The van der Waals surface area contributed by atoms with Gasteiger partial charge in [-0.2, -0.15) is 0 Å². The maximum atomic E-state index is 12.2. The van der Waals surface area contributed by atoms with E-state index in [1.54, 1.807) is 0 Å². The molecule has 0 heterocycles. The fourth-order valence-electron chi connectivity index (χ4n) is 3.09. The molecule has 0 aliphatic carbocycles. The minimum atomic E-state index is -0.896. The highest BCUT2D eigenvalue weighted by Gasteiger charge is 2.19. The minimum absolute atomic E-state index is 0.0944. The molecule has 0 spiro atoms. The van der Waals surface area contributed by atoms with Crippen molar-refractivity contribution in [2.24, 2.45) is 5.73 Å². The van der Waals surface area contributed by atoms with Crippen molar-refractivity contribution in [3.63, 3.8) is 0 Å². The highest BCUT2D eigenvalue weighted by molar-refractivity contribution is 5.88. The number of benzene rings is 3. The van der Waals surface area contributed by atoms with Crippen molar-refractivity contribution in [3.05, 3.63) is 96.1 Å². The van der Waals surface area contributed by atoms with Crippen LogP contribution in [0.25, 0.3) is 11.1 Å². The summed E-state index contributed by atoms with van der Waals surface area (Å²) in [6, 6.07) is 25.9. The van der Waals surface area contributed by atoms with E-state index in [1.807, 2.05) is 84.9 Å². The second kappa shape index (κ2) is 11.3. The third kappa shape index (κ3) is 6.98. The molecule has 0 saturated carbocycles. The number of primary amides is 1. The average Bonchev–Trinajstić information content (AvgIpc) is 2.82. The number of nitrogens with one attached hydrogen (secondary N) is 2. The van der Waals surface area contributed by atoms with Crippen LogP contribution in [0.5, 0.6) is 0 Å². The van der Waals surface area contributed by atoms with Crippen LogP contribution in [0, 0.1) is 0 Å². The highest BCUT2D eigenvalue weighted by Crippen LogP contribution is 2.19. The maximum absolute atomic E-state index is 12.2. The van der Waals surface area contributed by atoms with E-state index >= 15 is 0 Å². The van der Waals surface area contributed by atoms with Crippen molar-refractivity contribution < 1.29 is 19.1 Å². The molecular formula is C25H25N3O4. The third-order valence-corrected chi connectivity index (χ3v) is 4.79. The van der Waals surface area contributed by atoms with Crippen LogP contribution in [0.15, 0.2) is 84.9 Å². The van der Waals surface area contributed by atoms with Gasteiger partial charge in [-0.3, -0.25) is 9.59 Å². The van der Waals surface area contributed by atoms with Gasteiger partial charge >= 0.3 is 6.09 Å². The Morgan fingerprint density at radius 2 is 1.38 bits per heavy atom. The number of ether oxygens (including phenoxy) is 1. The van der Waals surface area contributed by atoms with Crippen molar-refractivity contribution in [1.82, 2.24) is 10.6 Å². The van der Waals surface area contributed by atoms with Crippen LogP contribution in [0.1, 0.15) is 11.1 Å². The second-order valence-electron chi connectivity index (χ2n) is 7.20. The Kier molecular flexibility index (Phi) is 7.97. The molecule has 0 unspecified atom stereocenters. The summed E-state index contributed by atoms with van der Waals surface area (Å²) in [6.45, 7) is -0.235. The van der Waals surface area contributed by atoms with E-state index in [0.717, 1.165) is 22.3 Å². The highest BCUT2D eigenvalue weighted by atomic mass is 16.5. The molecule has 4 N–H and O–H groups in total. The zero-order chi connectivity index (χ0) is 22.8. The van der Waals surface area contributed by atoms with Gasteiger partial charge in [-0.05, 0) is 22.3 Å². The summed E-state index contributed by atoms with van der Waals surface area (Å²) in [5.41, 5.74) is 9.28. The second-order valence-corrected chi connectivity index (χ2v) is 7.20. The van der Waals surface area contributed by atoms with Gasteiger partial charge in [0.05, 0.1) is 0 Å². The van der Waals surface area contributed by atoms with E-state index in [4.69, 9.17) is 10.5 Å². The number of hydrogen-bond acceptors (Lipinski definition) is 4. The lowest BCUT2D eigenvalue weighted by atomic mass is 10.0. The van der Waals surface area contributed by atoms with Gasteiger partial charge in [0.15, 0.2) is 0 Å². The molecule has 7 heteroatoms. The first-order valence-corrected chi connectivity index (χ1v) is 10.2. The van der Waals surface area contributed by atoms with Crippen LogP contribution in [-0.2, 0) is 27.4 Å². The predicted molar refractivity (Wildman–Crippen MR) is 121 cm³/mol. The average molecular weight is 431 g/mol. The molecule has 3 aromatic carbocycles. The van der Waals surface area contributed by atoms with E-state index in [2.05, 4.69) is 10.6 Å². The summed E-state index contributed by atoms with van der Waals surface area (Å²) in [5.74, 6) is -1.19. The molecule has 3 aromatic rings. The first kappa shape index (κ1) is 22.6. The van der Waals surface area contributed by atoms with Gasteiger partial charge in [-0.1, -0.05) is 84.9 Å². The van der Waals surface area contributed by atoms with Gasteiger partial charge in [0, 0.05) is 6.42 Å². The summed E-state index contributed by atoms with van der Waals surface area (Å²) >= 11 is 0. The van der Waals surface area contributed by atoms with E-state index in [0.29, 0.717) is 0 Å². The van der Waals surface area contributed by atoms with Gasteiger partial charge in [-0.15, -0.1) is 0 Å². The zero-order valence-corrected chi connectivity index (χ0v) is 17.5. The number of carbonyl (C=O) groups is 3. The molecule has 0 aliphatic heterocycles. The fourth-order valence-corrected chi connectivity index (χ4v) is 3.09. The standard InChI is InChI=1S/C25H25N3O4/c26-24(30)22(15-18-11-13-21(14-12-18)20-9-5-2-6-10-20)28-23(29)16-27-25(31)32-17-19-7-3-1-4-8-19/h1-14,22H,15-17H2,(H2,26,30)(H,27,31)(H,28,29)/t22-/m0/s1. The smallest absolute Gasteiger partial charge is 0.407 e. The molecule has 1 atom stereocenters. The van der Waals surface area contributed by atoms with Gasteiger partial charge in [0.2, 0.25) is 11.8 Å². The Bertz CT molecular complexity index is 1040. The number of amides is 3. The topological polar surface area (TPSA) is 111 Å². The van der Waals surface area contributed by atoms with Gasteiger partial charge < -0.3 is 21.1 Å². The normalized spacial score (nSPS) is 11.2. The molecule has 3 amide bonds.